The SMILES string of the molecule is C=CCNCCC(=O)Nc1cc(C(=O)OC)ccc1Cl. The fourth-order valence-electron chi connectivity index (χ4n) is 1.48. The van der Waals surface area contributed by atoms with Crippen LogP contribution in [-0.4, -0.2) is 32.1 Å². The molecule has 6 heteroatoms. The molecule has 0 spiro atoms. The summed E-state index contributed by atoms with van der Waals surface area (Å²) in [4.78, 5) is 23.1. The first-order valence-electron chi connectivity index (χ1n) is 6.07. The summed E-state index contributed by atoms with van der Waals surface area (Å²) in [5.41, 5.74) is 0.722. The third-order valence-corrected chi connectivity index (χ3v) is 2.81. The predicted octanol–water partition coefficient (Wildman–Crippen LogP) is 2.23. The normalized spacial score (nSPS) is 9.90. The standard InChI is InChI=1S/C14H17ClN2O3/c1-3-7-16-8-6-13(18)17-12-9-10(14(19)20-2)4-5-11(12)15/h3-5,9,16H,1,6-8H2,2H3,(H,17,18). The second-order valence-electron chi connectivity index (χ2n) is 3.98. The highest BCUT2D eigenvalue weighted by Crippen LogP contribution is 2.23. The summed E-state index contributed by atoms with van der Waals surface area (Å²) in [6.45, 7) is 4.75. The monoisotopic (exact) mass is 296 g/mol. The van der Waals surface area contributed by atoms with Crippen LogP contribution in [0.4, 0.5) is 5.69 Å². The molecule has 108 valence electrons. The van der Waals surface area contributed by atoms with Gasteiger partial charge in [-0.15, -0.1) is 6.58 Å². The number of carbonyl (C=O) groups excluding carboxylic acids is 2. The van der Waals surface area contributed by atoms with E-state index in [2.05, 4.69) is 21.9 Å². The Bertz CT molecular complexity index is 503. The molecule has 20 heavy (non-hydrogen) atoms. The minimum absolute atomic E-state index is 0.189. The second kappa shape index (κ2) is 8.35. The number of halogens is 1. The van der Waals surface area contributed by atoms with Gasteiger partial charge in [-0.1, -0.05) is 17.7 Å². The van der Waals surface area contributed by atoms with E-state index in [0.717, 1.165) is 0 Å². The van der Waals surface area contributed by atoms with Gasteiger partial charge in [0, 0.05) is 19.5 Å². The molecule has 0 aromatic heterocycles. The Kier molecular flexibility index (Phi) is 6.76. The van der Waals surface area contributed by atoms with E-state index in [9.17, 15) is 9.59 Å². The third kappa shape index (κ3) is 5.03. The number of ether oxygens (including phenoxy) is 1. The van der Waals surface area contributed by atoms with Gasteiger partial charge in [-0.05, 0) is 18.2 Å². The van der Waals surface area contributed by atoms with Crippen molar-refractivity contribution in [1.82, 2.24) is 5.32 Å². The van der Waals surface area contributed by atoms with Gasteiger partial charge in [0.15, 0.2) is 0 Å². The van der Waals surface area contributed by atoms with Crippen LogP contribution >= 0.6 is 11.6 Å². The molecule has 1 aromatic carbocycles. The molecule has 0 saturated carbocycles. The van der Waals surface area contributed by atoms with Gasteiger partial charge in [0.05, 0.1) is 23.4 Å². The topological polar surface area (TPSA) is 67.4 Å². The molecule has 0 radical (unpaired) electrons. The lowest BCUT2D eigenvalue weighted by Gasteiger charge is -2.09. The fraction of sp³-hybridized carbons (Fsp3) is 0.286. The molecule has 0 heterocycles. The van der Waals surface area contributed by atoms with E-state index in [1.54, 1.807) is 12.1 Å². The van der Waals surface area contributed by atoms with E-state index in [-0.39, 0.29) is 5.91 Å². The van der Waals surface area contributed by atoms with Crippen LogP contribution in [-0.2, 0) is 9.53 Å². The van der Waals surface area contributed by atoms with E-state index in [1.165, 1.54) is 19.2 Å². The molecule has 0 unspecified atom stereocenters. The smallest absolute Gasteiger partial charge is 0.337 e. The van der Waals surface area contributed by atoms with Crippen molar-refractivity contribution in [2.45, 2.75) is 6.42 Å². The zero-order valence-electron chi connectivity index (χ0n) is 11.2. The number of amides is 1. The number of hydrogen-bond donors (Lipinski definition) is 2. The maximum absolute atomic E-state index is 11.7. The van der Waals surface area contributed by atoms with E-state index in [0.29, 0.717) is 35.8 Å². The van der Waals surface area contributed by atoms with Gasteiger partial charge in [0.1, 0.15) is 0 Å². The summed E-state index contributed by atoms with van der Waals surface area (Å²) < 4.78 is 4.61. The lowest BCUT2D eigenvalue weighted by atomic mass is 10.2. The molecular weight excluding hydrogens is 280 g/mol. The molecule has 1 rings (SSSR count). The number of anilines is 1. The number of rotatable bonds is 7. The largest absolute Gasteiger partial charge is 0.465 e. The van der Waals surface area contributed by atoms with Crippen LogP contribution in [0.15, 0.2) is 30.9 Å². The zero-order valence-corrected chi connectivity index (χ0v) is 12.0. The van der Waals surface area contributed by atoms with Crippen LogP contribution in [0, 0.1) is 0 Å². The Morgan fingerprint density at radius 3 is 2.85 bits per heavy atom. The van der Waals surface area contributed by atoms with Crippen molar-refractivity contribution < 1.29 is 14.3 Å². The highest BCUT2D eigenvalue weighted by Gasteiger charge is 2.11. The van der Waals surface area contributed by atoms with Gasteiger partial charge < -0.3 is 15.4 Å². The molecule has 2 N–H and O–H groups in total. The minimum Gasteiger partial charge on any atom is -0.465 e. The maximum atomic E-state index is 11.7. The third-order valence-electron chi connectivity index (χ3n) is 2.48. The molecule has 0 aliphatic heterocycles. The van der Waals surface area contributed by atoms with Crippen molar-refractivity contribution in [2.24, 2.45) is 0 Å². The number of methoxy groups -OCH3 is 1. The summed E-state index contributed by atoms with van der Waals surface area (Å²) >= 11 is 5.98. The van der Waals surface area contributed by atoms with Crippen LogP contribution in [0.1, 0.15) is 16.8 Å². The molecule has 0 aliphatic rings. The van der Waals surface area contributed by atoms with Gasteiger partial charge in [-0.2, -0.15) is 0 Å². The van der Waals surface area contributed by atoms with Crippen LogP contribution in [0.5, 0.6) is 0 Å². The first-order chi connectivity index (χ1) is 9.58. The van der Waals surface area contributed by atoms with Crippen molar-refractivity contribution >= 4 is 29.2 Å². The molecule has 0 atom stereocenters. The summed E-state index contributed by atoms with van der Waals surface area (Å²) in [5, 5.41) is 6.05. The highest BCUT2D eigenvalue weighted by molar-refractivity contribution is 6.33. The molecule has 0 saturated heterocycles. The summed E-state index contributed by atoms with van der Waals surface area (Å²) in [6, 6.07) is 4.57. The molecule has 0 aliphatic carbocycles. The minimum atomic E-state index is -0.482. The first-order valence-corrected chi connectivity index (χ1v) is 6.45. The van der Waals surface area contributed by atoms with E-state index < -0.39 is 5.97 Å². The first kappa shape index (κ1) is 16.2. The Morgan fingerprint density at radius 1 is 1.45 bits per heavy atom. The van der Waals surface area contributed by atoms with E-state index >= 15 is 0 Å². The van der Waals surface area contributed by atoms with Crippen LogP contribution in [0.2, 0.25) is 5.02 Å². The molecule has 0 bridgehead atoms. The lowest BCUT2D eigenvalue weighted by Crippen LogP contribution is -2.22. The van der Waals surface area contributed by atoms with Crippen molar-refractivity contribution in [2.75, 3.05) is 25.5 Å². The Morgan fingerprint density at radius 2 is 2.20 bits per heavy atom. The zero-order chi connectivity index (χ0) is 15.0. The van der Waals surface area contributed by atoms with E-state index in [1.807, 2.05) is 0 Å². The summed E-state index contributed by atoms with van der Waals surface area (Å²) in [5.74, 6) is -0.671. The van der Waals surface area contributed by atoms with E-state index in [4.69, 9.17) is 11.6 Å². The van der Waals surface area contributed by atoms with Crippen molar-refractivity contribution in [1.29, 1.82) is 0 Å². The van der Waals surface area contributed by atoms with Gasteiger partial charge in [-0.3, -0.25) is 4.79 Å². The van der Waals surface area contributed by atoms with Gasteiger partial charge in [-0.25, -0.2) is 4.79 Å². The molecule has 0 fully saturated rings. The molecule has 5 nitrogen and oxygen atoms in total. The number of benzene rings is 1. The second-order valence-corrected chi connectivity index (χ2v) is 4.38. The molecule has 1 amide bonds. The van der Waals surface area contributed by atoms with Crippen molar-refractivity contribution in [3.05, 3.63) is 41.4 Å². The quantitative estimate of drug-likeness (QED) is 0.460. The number of esters is 1. The summed E-state index contributed by atoms with van der Waals surface area (Å²) in [6.07, 6.45) is 2.02. The van der Waals surface area contributed by atoms with Crippen LogP contribution in [0.25, 0.3) is 0 Å². The van der Waals surface area contributed by atoms with Crippen molar-refractivity contribution in [3.8, 4) is 0 Å². The Balaban J connectivity index is 2.64. The Labute approximate surface area is 123 Å². The number of hydrogen-bond acceptors (Lipinski definition) is 4. The average Bonchev–Trinajstić information content (AvgIpc) is 2.45. The number of nitrogens with one attached hydrogen (secondary N) is 2. The number of carbonyl (C=O) groups is 2. The van der Waals surface area contributed by atoms with Gasteiger partial charge >= 0.3 is 5.97 Å². The average molecular weight is 297 g/mol. The van der Waals surface area contributed by atoms with Crippen molar-refractivity contribution in [3.63, 3.8) is 0 Å². The van der Waals surface area contributed by atoms with Gasteiger partial charge in [0.2, 0.25) is 5.91 Å². The lowest BCUT2D eigenvalue weighted by molar-refractivity contribution is -0.116. The van der Waals surface area contributed by atoms with Crippen LogP contribution < -0.4 is 10.6 Å². The van der Waals surface area contributed by atoms with Gasteiger partial charge in [0.25, 0.3) is 0 Å². The Hall–Kier alpha value is -1.85. The predicted molar refractivity (Wildman–Crippen MR) is 79.1 cm³/mol. The molecule has 1 aromatic rings. The fourth-order valence-corrected chi connectivity index (χ4v) is 1.65. The summed E-state index contributed by atoms with van der Waals surface area (Å²) in [7, 11) is 1.29. The molecular formula is C14H17ClN2O3. The van der Waals surface area contributed by atoms with Crippen LogP contribution in [0.3, 0.4) is 0 Å². The highest BCUT2D eigenvalue weighted by atomic mass is 35.5. The maximum Gasteiger partial charge on any atom is 0.337 e.